The first kappa shape index (κ1) is 25.3. The third-order valence-corrected chi connectivity index (χ3v) is 5.15. The highest BCUT2D eigenvalue weighted by Crippen LogP contribution is 2.22. The highest BCUT2D eigenvalue weighted by atomic mass is 32.1. The minimum absolute atomic E-state index is 0.0904. The Hall–Kier alpha value is -1.93. The molecular formula is C19H29N3O8S. The average Bonchev–Trinajstić information content (AvgIpc) is 3.08. The van der Waals surface area contributed by atoms with Gasteiger partial charge in [-0.2, -0.15) is 0 Å². The second-order valence-electron chi connectivity index (χ2n) is 6.29. The van der Waals surface area contributed by atoms with Crippen LogP contribution in [0.25, 0.3) is 10.1 Å². The maximum Gasteiger partial charge on any atom is 0.270 e. The number of fused-ring (bicyclic) bond motifs is 1. The summed E-state index contributed by atoms with van der Waals surface area (Å²) in [7, 11) is 0. The molecule has 2 aromatic rings. The van der Waals surface area contributed by atoms with Crippen molar-refractivity contribution < 1.29 is 28.6 Å². The van der Waals surface area contributed by atoms with Crippen LogP contribution in [-0.2, 0) is 30.2 Å². The number of non-ortho nitro benzene ring substituents is 1. The van der Waals surface area contributed by atoms with Crippen LogP contribution in [0.5, 0.6) is 0 Å². The number of ether oxygens (including phenoxy) is 5. The fraction of sp³-hybridized carbons (Fsp3) is 0.632. The van der Waals surface area contributed by atoms with E-state index in [0.29, 0.717) is 89.2 Å². The first-order valence-electron chi connectivity index (χ1n) is 10.0. The van der Waals surface area contributed by atoms with Crippen molar-refractivity contribution in [2.75, 3.05) is 72.6 Å². The van der Waals surface area contributed by atoms with E-state index in [-0.39, 0.29) is 11.2 Å². The summed E-state index contributed by atoms with van der Waals surface area (Å²) in [4.78, 5) is 22.7. The van der Waals surface area contributed by atoms with E-state index in [1.165, 1.54) is 27.6 Å². The Balaban J connectivity index is 1.47. The van der Waals surface area contributed by atoms with Gasteiger partial charge in [0.2, 0.25) is 0 Å². The highest BCUT2D eigenvalue weighted by molar-refractivity contribution is 7.13. The van der Waals surface area contributed by atoms with Gasteiger partial charge in [0.25, 0.3) is 11.2 Å². The normalized spacial score (nSPS) is 11.4. The van der Waals surface area contributed by atoms with Gasteiger partial charge in [0.15, 0.2) is 0 Å². The molecule has 2 N–H and O–H groups in total. The fourth-order valence-corrected chi connectivity index (χ4v) is 3.49. The first-order valence-corrected chi connectivity index (χ1v) is 10.8. The summed E-state index contributed by atoms with van der Waals surface area (Å²) in [5, 5.41) is 11.2. The molecule has 0 saturated heterocycles. The third-order valence-electron chi connectivity index (χ3n) is 4.03. The first-order chi connectivity index (χ1) is 15.1. The van der Waals surface area contributed by atoms with Gasteiger partial charge in [0, 0.05) is 18.7 Å². The lowest BCUT2D eigenvalue weighted by Gasteiger charge is -2.07. The summed E-state index contributed by atoms with van der Waals surface area (Å²) >= 11 is 1.26. The molecule has 0 aliphatic rings. The number of benzene rings is 1. The van der Waals surface area contributed by atoms with Crippen molar-refractivity contribution in [2.24, 2.45) is 5.73 Å². The lowest BCUT2D eigenvalue weighted by Crippen LogP contribution is -2.17. The molecule has 0 aliphatic carbocycles. The van der Waals surface area contributed by atoms with Crippen LogP contribution in [0, 0.1) is 10.1 Å². The van der Waals surface area contributed by atoms with E-state index in [0.717, 1.165) is 0 Å². The molecule has 31 heavy (non-hydrogen) atoms. The van der Waals surface area contributed by atoms with E-state index >= 15 is 0 Å². The van der Waals surface area contributed by atoms with Gasteiger partial charge in [0.1, 0.15) is 0 Å². The number of nitrogens with two attached hydrogens (primary N) is 1. The Morgan fingerprint density at radius 3 is 1.90 bits per heavy atom. The van der Waals surface area contributed by atoms with Crippen molar-refractivity contribution in [2.45, 2.75) is 6.54 Å². The molecule has 0 unspecified atom stereocenters. The molecule has 11 nitrogen and oxygen atoms in total. The Bertz CT molecular complexity index is 841. The molecular weight excluding hydrogens is 430 g/mol. The number of nitro benzene ring substituents is 1. The Morgan fingerprint density at radius 1 is 0.871 bits per heavy atom. The van der Waals surface area contributed by atoms with Crippen molar-refractivity contribution in [3.63, 3.8) is 0 Å². The second-order valence-corrected chi connectivity index (χ2v) is 7.35. The summed E-state index contributed by atoms with van der Waals surface area (Å²) in [6.07, 6.45) is 0. The smallest absolute Gasteiger partial charge is 0.270 e. The predicted octanol–water partition coefficient (Wildman–Crippen LogP) is 1.01. The Kier molecular flexibility index (Phi) is 12.2. The minimum atomic E-state index is -0.510. The van der Waals surface area contributed by atoms with Gasteiger partial charge in [0.05, 0.1) is 87.6 Å². The molecule has 0 atom stereocenters. The van der Waals surface area contributed by atoms with E-state index < -0.39 is 4.92 Å². The molecule has 0 amide bonds. The zero-order chi connectivity index (χ0) is 22.3. The molecule has 174 valence electrons. The monoisotopic (exact) mass is 459 g/mol. The molecule has 0 bridgehead atoms. The molecule has 0 spiro atoms. The molecule has 0 fully saturated rings. The average molecular weight is 460 g/mol. The van der Waals surface area contributed by atoms with Crippen molar-refractivity contribution in [1.29, 1.82) is 0 Å². The molecule has 1 aromatic heterocycles. The topological polar surface area (TPSA) is 137 Å². The molecule has 12 heteroatoms. The standard InChI is InChI=1S/C19H29N3O8S/c20-3-5-26-7-9-28-11-13-30-14-12-29-10-8-27-6-4-21-19(23)17-15-16(22(24)25)1-2-18(17)31-21/h1-2,15H,3-14,20H2. The number of nitrogens with zero attached hydrogens (tertiary/aromatic N) is 2. The lowest BCUT2D eigenvalue weighted by atomic mass is 10.2. The highest BCUT2D eigenvalue weighted by Gasteiger charge is 2.12. The number of rotatable bonds is 18. The SMILES string of the molecule is NCCOCCOCCOCCOCCOCCn1sc2ccc([N+](=O)[O-])cc2c1=O. The van der Waals surface area contributed by atoms with Crippen LogP contribution in [0.1, 0.15) is 0 Å². The van der Waals surface area contributed by atoms with E-state index in [1.807, 2.05) is 0 Å². The molecule has 0 radical (unpaired) electrons. The van der Waals surface area contributed by atoms with Crippen molar-refractivity contribution in [3.05, 3.63) is 38.7 Å². The number of nitro groups is 1. The molecule has 1 aromatic carbocycles. The largest absolute Gasteiger partial charge is 0.378 e. The van der Waals surface area contributed by atoms with Crippen molar-refractivity contribution in [3.8, 4) is 0 Å². The van der Waals surface area contributed by atoms with Gasteiger partial charge in [-0.15, -0.1) is 0 Å². The number of hydrogen-bond acceptors (Lipinski definition) is 10. The molecule has 1 heterocycles. The fourth-order valence-electron chi connectivity index (χ4n) is 2.53. The summed E-state index contributed by atoms with van der Waals surface area (Å²) in [6.45, 7) is 5.56. The van der Waals surface area contributed by atoms with Gasteiger partial charge in [-0.25, -0.2) is 0 Å². The minimum Gasteiger partial charge on any atom is -0.378 e. The summed E-state index contributed by atoms with van der Waals surface area (Å²) in [5.74, 6) is 0. The van der Waals surface area contributed by atoms with E-state index in [2.05, 4.69) is 0 Å². The summed E-state index contributed by atoms with van der Waals surface area (Å²) < 4.78 is 29.0. The van der Waals surface area contributed by atoms with Gasteiger partial charge >= 0.3 is 0 Å². The molecule has 2 rings (SSSR count). The van der Waals surface area contributed by atoms with Crippen LogP contribution in [0.2, 0.25) is 0 Å². The van der Waals surface area contributed by atoms with Gasteiger partial charge in [-0.05, 0) is 6.07 Å². The van der Waals surface area contributed by atoms with Crippen LogP contribution in [-0.4, -0.2) is 81.5 Å². The van der Waals surface area contributed by atoms with Crippen molar-refractivity contribution >= 4 is 27.3 Å². The predicted molar refractivity (Wildman–Crippen MR) is 116 cm³/mol. The zero-order valence-electron chi connectivity index (χ0n) is 17.4. The van der Waals surface area contributed by atoms with Gasteiger partial charge in [-0.3, -0.25) is 18.9 Å². The van der Waals surface area contributed by atoms with E-state index in [4.69, 9.17) is 29.4 Å². The molecule has 0 saturated carbocycles. The lowest BCUT2D eigenvalue weighted by molar-refractivity contribution is -0.384. The van der Waals surface area contributed by atoms with Gasteiger partial charge < -0.3 is 29.4 Å². The maximum absolute atomic E-state index is 12.3. The van der Waals surface area contributed by atoms with Crippen molar-refractivity contribution in [1.82, 2.24) is 3.96 Å². The van der Waals surface area contributed by atoms with Crippen LogP contribution in [0.3, 0.4) is 0 Å². The van der Waals surface area contributed by atoms with Crippen LogP contribution in [0.4, 0.5) is 5.69 Å². The summed E-state index contributed by atoms with van der Waals surface area (Å²) in [6, 6.07) is 4.30. The van der Waals surface area contributed by atoms with Crippen LogP contribution < -0.4 is 11.3 Å². The van der Waals surface area contributed by atoms with Crippen LogP contribution in [0.15, 0.2) is 23.0 Å². The van der Waals surface area contributed by atoms with E-state index in [1.54, 1.807) is 6.07 Å². The Labute approximate surface area is 183 Å². The number of aromatic nitrogens is 1. The maximum atomic E-state index is 12.3. The summed E-state index contributed by atoms with van der Waals surface area (Å²) in [5.41, 5.74) is 4.97. The van der Waals surface area contributed by atoms with Crippen LogP contribution >= 0.6 is 11.5 Å². The quantitative estimate of drug-likeness (QED) is 0.197. The van der Waals surface area contributed by atoms with E-state index in [9.17, 15) is 14.9 Å². The zero-order valence-corrected chi connectivity index (χ0v) is 18.2. The number of hydrogen-bond donors (Lipinski definition) is 1. The molecule has 0 aliphatic heterocycles. The van der Waals surface area contributed by atoms with Gasteiger partial charge in [-0.1, -0.05) is 11.5 Å². The third kappa shape index (κ3) is 9.39. The Morgan fingerprint density at radius 2 is 1.39 bits per heavy atom. The second kappa shape index (κ2) is 15.0.